The van der Waals surface area contributed by atoms with Crippen LogP contribution in [0, 0.1) is 10.8 Å². The Morgan fingerprint density at radius 1 is 1.42 bits per heavy atom. The SMILES string of the molecule is C[C@@H](NC1CC1)C(=N)/C=C(\NCCCN)C(C)(C)C. The topological polar surface area (TPSA) is 73.9 Å². The van der Waals surface area contributed by atoms with Crippen molar-refractivity contribution in [3.8, 4) is 0 Å². The molecule has 0 radical (unpaired) electrons. The summed E-state index contributed by atoms with van der Waals surface area (Å²) in [4.78, 5) is 0. The number of hydrogen-bond donors (Lipinski definition) is 4. The Bertz CT molecular complexity index is 324. The Kier molecular flexibility index (Phi) is 6.01. The molecule has 4 nitrogen and oxygen atoms in total. The van der Waals surface area contributed by atoms with Crippen LogP contribution in [-0.4, -0.2) is 30.9 Å². The van der Waals surface area contributed by atoms with Crippen molar-refractivity contribution in [1.82, 2.24) is 10.6 Å². The molecule has 1 aliphatic carbocycles. The Labute approximate surface area is 117 Å². The first-order valence-electron chi connectivity index (χ1n) is 7.35. The highest BCUT2D eigenvalue weighted by atomic mass is 15.0. The second-order valence-corrected chi connectivity index (χ2v) is 6.49. The van der Waals surface area contributed by atoms with E-state index in [0.717, 1.165) is 18.7 Å². The molecule has 0 bridgehead atoms. The largest absolute Gasteiger partial charge is 0.388 e. The van der Waals surface area contributed by atoms with Crippen molar-refractivity contribution in [2.75, 3.05) is 13.1 Å². The molecule has 0 aliphatic heterocycles. The van der Waals surface area contributed by atoms with Crippen LogP contribution >= 0.6 is 0 Å². The molecule has 0 saturated heterocycles. The van der Waals surface area contributed by atoms with Crippen LogP contribution in [0.25, 0.3) is 0 Å². The van der Waals surface area contributed by atoms with E-state index < -0.39 is 0 Å². The summed E-state index contributed by atoms with van der Waals surface area (Å²) in [7, 11) is 0. The van der Waals surface area contributed by atoms with Crippen LogP contribution in [0.3, 0.4) is 0 Å². The molecule has 1 rings (SSSR count). The zero-order valence-electron chi connectivity index (χ0n) is 12.8. The highest BCUT2D eigenvalue weighted by molar-refractivity contribution is 5.97. The third-order valence-corrected chi connectivity index (χ3v) is 3.33. The molecular formula is C15H30N4. The van der Waals surface area contributed by atoms with Crippen molar-refractivity contribution in [2.24, 2.45) is 11.1 Å². The van der Waals surface area contributed by atoms with E-state index in [9.17, 15) is 0 Å². The van der Waals surface area contributed by atoms with E-state index >= 15 is 0 Å². The van der Waals surface area contributed by atoms with Gasteiger partial charge in [-0.1, -0.05) is 20.8 Å². The summed E-state index contributed by atoms with van der Waals surface area (Å²) in [6.45, 7) is 10.1. The molecule has 19 heavy (non-hydrogen) atoms. The summed E-state index contributed by atoms with van der Waals surface area (Å²) in [5, 5.41) is 15.1. The van der Waals surface area contributed by atoms with Gasteiger partial charge in [-0.2, -0.15) is 0 Å². The standard InChI is InChI=1S/C15H30N4/c1-11(19-12-6-7-12)13(17)10-14(15(2,3)4)18-9-5-8-16/h10-12,17-19H,5-9,16H2,1-4H3/b14-10-,17-13?/t11-/m1/s1. The Hall–Kier alpha value is -0.870. The second kappa shape index (κ2) is 7.06. The lowest BCUT2D eigenvalue weighted by Gasteiger charge is -2.25. The fourth-order valence-electron chi connectivity index (χ4n) is 1.83. The first-order valence-corrected chi connectivity index (χ1v) is 7.35. The minimum absolute atomic E-state index is 0.0280. The first-order chi connectivity index (χ1) is 8.84. The molecule has 5 N–H and O–H groups in total. The summed E-state index contributed by atoms with van der Waals surface area (Å²) < 4.78 is 0. The molecule has 1 fully saturated rings. The lowest BCUT2D eigenvalue weighted by atomic mass is 9.90. The molecular weight excluding hydrogens is 236 g/mol. The number of nitrogens with one attached hydrogen (secondary N) is 3. The van der Waals surface area contributed by atoms with Crippen molar-refractivity contribution in [3.05, 3.63) is 11.8 Å². The van der Waals surface area contributed by atoms with Gasteiger partial charge in [-0.15, -0.1) is 0 Å². The van der Waals surface area contributed by atoms with Gasteiger partial charge in [0.25, 0.3) is 0 Å². The number of nitrogens with two attached hydrogens (primary N) is 1. The van der Waals surface area contributed by atoms with Crippen LogP contribution < -0.4 is 16.4 Å². The minimum Gasteiger partial charge on any atom is -0.388 e. The number of hydrogen-bond acceptors (Lipinski definition) is 4. The van der Waals surface area contributed by atoms with E-state index in [4.69, 9.17) is 11.1 Å². The van der Waals surface area contributed by atoms with Gasteiger partial charge in [-0.25, -0.2) is 0 Å². The van der Waals surface area contributed by atoms with Gasteiger partial charge in [0.1, 0.15) is 0 Å². The maximum absolute atomic E-state index is 8.20. The van der Waals surface area contributed by atoms with Crippen molar-refractivity contribution >= 4 is 5.71 Å². The zero-order chi connectivity index (χ0) is 14.5. The molecule has 1 saturated carbocycles. The second-order valence-electron chi connectivity index (χ2n) is 6.49. The molecule has 0 amide bonds. The van der Waals surface area contributed by atoms with E-state index in [2.05, 4.69) is 38.3 Å². The number of rotatable bonds is 8. The fraction of sp³-hybridized carbons (Fsp3) is 0.800. The Balaban J connectivity index is 2.60. The van der Waals surface area contributed by atoms with Crippen LogP contribution in [0.15, 0.2) is 11.8 Å². The average Bonchev–Trinajstić information content (AvgIpc) is 3.10. The summed E-state index contributed by atoms with van der Waals surface area (Å²) in [5.41, 5.74) is 7.32. The third kappa shape index (κ3) is 6.21. The molecule has 0 aromatic rings. The van der Waals surface area contributed by atoms with Gasteiger partial charge in [0.15, 0.2) is 0 Å². The average molecular weight is 266 g/mol. The van der Waals surface area contributed by atoms with Crippen molar-refractivity contribution in [1.29, 1.82) is 5.41 Å². The molecule has 0 heterocycles. The summed E-state index contributed by atoms with van der Waals surface area (Å²) in [5.74, 6) is 0. The predicted molar refractivity (Wildman–Crippen MR) is 82.6 cm³/mol. The van der Waals surface area contributed by atoms with Gasteiger partial charge in [0.2, 0.25) is 0 Å². The van der Waals surface area contributed by atoms with E-state index in [0.29, 0.717) is 18.3 Å². The van der Waals surface area contributed by atoms with E-state index in [1.54, 1.807) is 0 Å². The molecule has 1 aliphatic rings. The fourth-order valence-corrected chi connectivity index (χ4v) is 1.83. The molecule has 4 heteroatoms. The monoisotopic (exact) mass is 266 g/mol. The van der Waals surface area contributed by atoms with Crippen LogP contribution in [0.2, 0.25) is 0 Å². The molecule has 0 aromatic carbocycles. The quantitative estimate of drug-likeness (QED) is 0.401. The lowest BCUT2D eigenvalue weighted by Crippen LogP contribution is -2.36. The van der Waals surface area contributed by atoms with Gasteiger partial charge < -0.3 is 21.8 Å². The third-order valence-electron chi connectivity index (χ3n) is 3.33. The number of allylic oxidation sites excluding steroid dienone is 1. The highest BCUT2D eigenvalue weighted by Gasteiger charge is 2.24. The molecule has 1 atom stereocenters. The zero-order valence-corrected chi connectivity index (χ0v) is 12.8. The van der Waals surface area contributed by atoms with Gasteiger partial charge in [0.05, 0.1) is 0 Å². The van der Waals surface area contributed by atoms with Gasteiger partial charge in [-0.05, 0) is 38.8 Å². The normalized spacial score (nSPS) is 18.3. The smallest absolute Gasteiger partial charge is 0.0498 e. The van der Waals surface area contributed by atoms with Crippen LogP contribution in [-0.2, 0) is 0 Å². The summed E-state index contributed by atoms with van der Waals surface area (Å²) in [6.07, 6.45) is 5.44. The van der Waals surface area contributed by atoms with Gasteiger partial charge in [0, 0.05) is 35.5 Å². The summed E-state index contributed by atoms with van der Waals surface area (Å²) in [6, 6.07) is 0.758. The van der Waals surface area contributed by atoms with Crippen LogP contribution in [0.5, 0.6) is 0 Å². The van der Waals surface area contributed by atoms with Gasteiger partial charge in [-0.3, -0.25) is 0 Å². The molecule has 110 valence electrons. The van der Waals surface area contributed by atoms with E-state index in [1.165, 1.54) is 12.8 Å². The van der Waals surface area contributed by atoms with E-state index in [-0.39, 0.29) is 11.5 Å². The Morgan fingerprint density at radius 3 is 2.53 bits per heavy atom. The summed E-state index contributed by atoms with van der Waals surface area (Å²) >= 11 is 0. The molecule has 0 spiro atoms. The van der Waals surface area contributed by atoms with Crippen LogP contribution in [0.4, 0.5) is 0 Å². The molecule has 0 unspecified atom stereocenters. The van der Waals surface area contributed by atoms with Crippen molar-refractivity contribution in [2.45, 2.75) is 59.0 Å². The first kappa shape index (κ1) is 16.2. The maximum atomic E-state index is 8.20. The maximum Gasteiger partial charge on any atom is 0.0498 e. The highest BCUT2D eigenvalue weighted by Crippen LogP contribution is 2.23. The van der Waals surface area contributed by atoms with E-state index in [1.807, 2.05) is 6.08 Å². The van der Waals surface area contributed by atoms with Crippen molar-refractivity contribution < 1.29 is 0 Å². The van der Waals surface area contributed by atoms with Gasteiger partial charge >= 0.3 is 0 Å². The molecule has 0 aromatic heterocycles. The lowest BCUT2D eigenvalue weighted by molar-refractivity contribution is 0.458. The van der Waals surface area contributed by atoms with Crippen LogP contribution in [0.1, 0.15) is 47.0 Å². The predicted octanol–water partition coefficient (Wildman–Crippen LogP) is 2.02. The minimum atomic E-state index is 0.0280. The Morgan fingerprint density at radius 2 is 2.05 bits per heavy atom. The van der Waals surface area contributed by atoms with Crippen molar-refractivity contribution in [3.63, 3.8) is 0 Å².